The average molecular weight is 185 g/mol. The number of carbonyl (C=O) groups excluding carboxylic acids is 1. The molecule has 0 spiro atoms. The van der Waals surface area contributed by atoms with Gasteiger partial charge < -0.3 is 14.6 Å². The van der Waals surface area contributed by atoms with Crippen molar-refractivity contribution in [2.24, 2.45) is 0 Å². The molecular formula is C10H17O3-. The Kier molecular flexibility index (Phi) is 6.24. The van der Waals surface area contributed by atoms with Gasteiger partial charge in [-0.05, 0) is 25.8 Å². The van der Waals surface area contributed by atoms with Crippen LogP contribution < -0.4 is 5.11 Å². The lowest BCUT2D eigenvalue weighted by Crippen LogP contribution is -2.24. The highest BCUT2D eigenvalue weighted by Crippen LogP contribution is 2.06. The van der Waals surface area contributed by atoms with Gasteiger partial charge in [0.25, 0.3) is 0 Å². The van der Waals surface area contributed by atoms with Crippen molar-refractivity contribution in [2.75, 3.05) is 6.61 Å². The molecule has 0 aliphatic heterocycles. The molecule has 1 atom stereocenters. The number of hydrogen-bond donors (Lipinski definition) is 0. The van der Waals surface area contributed by atoms with Crippen LogP contribution in [0.4, 0.5) is 0 Å². The van der Waals surface area contributed by atoms with Crippen molar-refractivity contribution in [3.63, 3.8) is 0 Å². The first-order chi connectivity index (χ1) is 6.11. The molecule has 0 radical (unpaired) electrons. The van der Waals surface area contributed by atoms with Gasteiger partial charge in [0.2, 0.25) is 0 Å². The van der Waals surface area contributed by atoms with E-state index in [0.29, 0.717) is 6.61 Å². The van der Waals surface area contributed by atoms with Crippen molar-refractivity contribution in [3.8, 4) is 0 Å². The van der Waals surface area contributed by atoms with Gasteiger partial charge in [-0.2, -0.15) is 0 Å². The quantitative estimate of drug-likeness (QED) is 0.577. The van der Waals surface area contributed by atoms with Gasteiger partial charge in [-0.1, -0.05) is 19.4 Å². The van der Waals surface area contributed by atoms with E-state index >= 15 is 0 Å². The van der Waals surface area contributed by atoms with Crippen molar-refractivity contribution in [1.29, 1.82) is 0 Å². The fourth-order valence-electron chi connectivity index (χ4n) is 1.06. The van der Waals surface area contributed by atoms with Crippen LogP contribution in [0.15, 0.2) is 11.6 Å². The fraction of sp³-hybridized carbons (Fsp3) is 0.700. The second-order valence-electron chi connectivity index (χ2n) is 2.92. The first-order valence-electron chi connectivity index (χ1n) is 4.63. The SMILES string of the molecule is CCCC(/C=C(\C)C(=O)[O-])OCC. The van der Waals surface area contributed by atoms with Crippen molar-refractivity contribution >= 4 is 5.97 Å². The Balaban J connectivity index is 4.20. The third kappa shape index (κ3) is 5.42. The van der Waals surface area contributed by atoms with E-state index in [1.165, 1.54) is 6.92 Å². The second-order valence-corrected chi connectivity index (χ2v) is 2.92. The van der Waals surface area contributed by atoms with Gasteiger partial charge in [0.1, 0.15) is 0 Å². The number of aliphatic carboxylic acids is 1. The maximum absolute atomic E-state index is 10.4. The minimum atomic E-state index is -1.12. The minimum Gasteiger partial charge on any atom is -0.545 e. The smallest absolute Gasteiger partial charge is 0.0761 e. The summed E-state index contributed by atoms with van der Waals surface area (Å²) in [6, 6.07) is 0. The number of carboxylic acids is 1. The molecule has 0 rings (SSSR count). The maximum Gasteiger partial charge on any atom is 0.0761 e. The highest BCUT2D eigenvalue weighted by Gasteiger charge is 2.03. The Hall–Kier alpha value is -0.830. The molecule has 0 aromatic heterocycles. The molecular weight excluding hydrogens is 168 g/mol. The molecule has 3 heteroatoms. The lowest BCUT2D eigenvalue weighted by Gasteiger charge is -2.13. The topological polar surface area (TPSA) is 49.4 Å². The molecule has 0 aliphatic rings. The molecule has 0 saturated heterocycles. The molecule has 0 amide bonds. The van der Waals surface area contributed by atoms with E-state index in [9.17, 15) is 9.90 Å². The van der Waals surface area contributed by atoms with Crippen LogP contribution >= 0.6 is 0 Å². The van der Waals surface area contributed by atoms with Crippen molar-refractivity contribution in [1.82, 2.24) is 0 Å². The van der Waals surface area contributed by atoms with E-state index in [2.05, 4.69) is 0 Å². The third-order valence-electron chi connectivity index (χ3n) is 1.71. The normalized spacial score (nSPS) is 14.2. The van der Waals surface area contributed by atoms with Crippen molar-refractivity contribution in [3.05, 3.63) is 11.6 Å². The number of carbonyl (C=O) groups is 1. The second kappa shape index (κ2) is 6.66. The van der Waals surface area contributed by atoms with Gasteiger partial charge in [0, 0.05) is 6.61 Å². The average Bonchev–Trinajstić information content (AvgIpc) is 2.05. The van der Waals surface area contributed by atoms with Gasteiger partial charge in [-0.25, -0.2) is 0 Å². The van der Waals surface area contributed by atoms with Crippen molar-refractivity contribution in [2.45, 2.75) is 39.7 Å². The Morgan fingerprint density at radius 3 is 2.54 bits per heavy atom. The molecule has 0 N–H and O–H groups in total. The largest absolute Gasteiger partial charge is 0.545 e. The van der Waals surface area contributed by atoms with Gasteiger partial charge in [0.15, 0.2) is 0 Å². The van der Waals surface area contributed by atoms with Crippen LogP contribution in [0.1, 0.15) is 33.6 Å². The number of carboxylic acid groups (broad SMARTS) is 1. The van der Waals surface area contributed by atoms with Crippen LogP contribution in [-0.4, -0.2) is 18.7 Å². The molecule has 13 heavy (non-hydrogen) atoms. The van der Waals surface area contributed by atoms with Crippen LogP contribution in [0.5, 0.6) is 0 Å². The number of hydrogen-bond acceptors (Lipinski definition) is 3. The first kappa shape index (κ1) is 12.2. The van der Waals surface area contributed by atoms with Gasteiger partial charge >= 0.3 is 0 Å². The number of ether oxygens (including phenoxy) is 1. The molecule has 0 saturated carbocycles. The van der Waals surface area contributed by atoms with Gasteiger partial charge in [-0.3, -0.25) is 0 Å². The summed E-state index contributed by atoms with van der Waals surface area (Å²) in [7, 11) is 0. The zero-order valence-electron chi connectivity index (χ0n) is 8.50. The molecule has 0 aromatic rings. The number of rotatable bonds is 6. The molecule has 76 valence electrons. The zero-order chi connectivity index (χ0) is 10.3. The van der Waals surface area contributed by atoms with Crippen LogP contribution in [0.3, 0.4) is 0 Å². The molecule has 0 aliphatic carbocycles. The highest BCUT2D eigenvalue weighted by atomic mass is 16.5. The third-order valence-corrected chi connectivity index (χ3v) is 1.71. The molecule has 3 nitrogen and oxygen atoms in total. The summed E-state index contributed by atoms with van der Waals surface area (Å²) in [6.07, 6.45) is 3.34. The highest BCUT2D eigenvalue weighted by molar-refractivity contribution is 5.83. The summed E-state index contributed by atoms with van der Waals surface area (Å²) in [4.78, 5) is 10.4. The van der Waals surface area contributed by atoms with E-state index in [0.717, 1.165) is 12.8 Å². The van der Waals surface area contributed by atoms with Gasteiger partial charge in [0.05, 0.1) is 12.1 Å². The zero-order valence-corrected chi connectivity index (χ0v) is 8.50. The first-order valence-corrected chi connectivity index (χ1v) is 4.63. The predicted molar refractivity (Wildman–Crippen MR) is 49.1 cm³/mol. The molecule has 0 fully saturated rings. The maximum atomic E-state index is 10.4. The van der Waals surface area contributed by atoms with Crippen LogP contribution in [-0.2, 0) is 9.53 Å². The Labute approximate surface area is 79.4 Å². The summed E-state index contributed by atoms with van der Waals surface area (Å²) in [5.74, 6) is -1.12. The lowest BCUT2D eigenvalue weighted by molar-refractivity contribution is -0.299. The monoisotopic (exact) mass is 185 g/mol. The fourth-order valence-corrected chi connectivity index (χ4v) is 1.06. The molecule has 0 heterocycles. The van der Waals surface area contributed by atoms with E-state index in [1.807, 2.05) is 13.8 Å². The van der Waals surface area contributed by atoms with Crippen LogP contribution in [0, 0.1) is 0 Å². The predicted octanol–water partition coefficient (Wildman–Crippen LogP) is 0.888. The standard InChI is InChI=1S/C10H18O3/c1-4-6-9(13-5-2)7-8(3)10(11)12/h7,9H,4-6H2,1-3H3,(H,11,12)/p-1/b8-7+. The Morgan fingerprint density at radius 1 is 1.54 bits per heavy atom. The molecule has 1 unspecified atom stereocenters. The lowest BCUT2D eigenvalue weighted by atomic mass is 10.1. The van der Waals surface area contributed by atoms with E-state index < -0.39 is 5.97 Å². The summed E-state index contributed by atoms with van der Waals surface area (Å²) >= 11 is 0. The summed E-state index contributed by atoms with van der Waals surface area (Å²) < 4.78 is 5.34. The van der Waals surface area contributed by atoms with Gasteiger partial charge in [-0.15, -0.1) is 0 Å². The van der Waals surface area contributed by atoms with E-state index in [1.54, 1.807) is 6.08 Å². The summed E-state index contributed by atoms with van der Waals surface area (Å²) in [6.45, 7) is 6.05. The van der Waals surface area contributed by atoms with Crippen molar-refractivity contribution < 1.29 is 14.6 Å². The minimum absolute atomic E-state index is 0.0899. The van der Waals surface area contributed by atoms with Crippen LogP contribution in [0.25, 0.3) is 0 Å². The van der Waals surface area contributed by atoms with Crippen LogP contribution in [0.2, 0.25) is 0 Å². The summed E-state index contributed by atoms with van der Waals surface area (Å²) in [5.41, 5.74) is 0.243. The van der Waals surface area contributed by atoms with E-state index in [-0.39, 0.29) is 11.7 Å². The van der Waals surface area contributed by atoms with E-state index in [4.69, 9.17) is 4.74 Å². The Bertz CT molecular complexity index is 179. The molecule has 0 bridgehead atoms. The summed E-state index contributed by atoms with van der Waals surface area (Å²) in [5, 5.41) is 10.4. The Morgan fingerprint density at radius 2 is 2.15 bits per heavy atom. The molecule has 0 aromatic carbocycles.